The zero-order valence-corrected chi connectivity index (χ0v) is 13.1. The molecule has 1 unspecified atom stereocenters. The number of halogens is 2. The number of benzene rings is 1. The van der Waals surface area contributed by atoms with Crippen LogP contribution in [0.4, 0.5) is 5.82 Å². The fourth-order valence-electron chi connectivity index (χ4n) is 1.89. The van der Waals surface area contributed by atoms with E-state index in [0.29, 0.717) is 15.9 Å². The third-order valence-electron chi connectivity index (χ3n) is 2.95. The van der Waals surface area contributed by atoms with Crippen LogP contribution in [0.3, 0.4) is 0 Å². The first-order valence-electron chi connectivity index (χ1n) is 6.31. The molecule has 0 saturated carbocycles. The van der Waals surface area contributed by atoms with Gasteiger partial charge in [-0.15, -0.1) is 0 Å². The molecular formula is C13H13Cl2N3O4. The van der Waals surface area contributed by atoms with E-state index < -0.39 is 11.0 Å². The van der Waals surface area contributed by atoms with Gasteiger partial charge in [-0.1, -0.05) is 29.3 Å². The first-order valence-corrected chi connectivity index (χ1v) is 7.07. The molecule has 1 atom stereocenters. The minimum absolute atomic E-state index is 0.0236. The quantitative estimate of drug-likeness (QED) is 0.642. The first kappa shape index (κ1) is 16.5. The van der Waals surface area contributed by atoms with Crippen molar-refractivity contribution in [3.05, 3.63) is 50.4 Å². The number of imidazole rings is 1. The lowest BCUT2D eigenvalue weighted by atomic mass is 10.3. The molecule has 0 saturated heterocycles. The van der Waals surface area contributed by atoms with Crippen LogP contribution in [0.25, 0.3) is 0 Å². The average Bonchev–Trinajstić information content (AvgIpc) is 2.80. The van der Waals surface area contributed by atoms with Crippen molar-refractivity contribution in [1.82, 2.24) is 9.55 Å². The molecule has 0 aliphatic carbocycles. The van der Waals surface area contributed by atoms with Gasteiger partial charge in [-0.3, -0.25) is 0 Å². The Morgan fingerprint density at radius 3 is 2.68 bits per heavy atom. The number of aryl methyl sites for hydroxylation is 1. The van der Waals surface area contributed by atoms with Gasteiger partial charge in [0.2, 0.25) is 0 Å². The lowest BCUT2D eigenvalue weighted by Gasteiger charge is -2.13. The Morgan fingerprint density at radius 1 is 1.45 bits per heavy atom. The van der Waals surface area contributed by atoms with Gasteiger partial charge >= 0.3 is 5.82 Å². The molecule has 1 aromatic carbocycles. The molecule has 0 radical (unpaired) electrons. The molecule has 1 heterocycles. The van der Waals surface area contributed by atoms with Gasteiger partial charge in [0.25, 0.3) is 0 Å². The summed E-state index contributed by atoms with van der Waals surface area (Å²) in [4.78, 5) is 14.2. The number of nitrogens with zero attached hydrogens (tertiary/aromatic N) is 3. The predicted molar refractivity (Wildman–Crippen MR) is 81.6 cm³/mol. The van der Waals surface area contributed by atoms with Crippen molar-refractivity contribution in [3.8, 4) is 5.75 Å². The number of aliphatic hydroxyl groups is 1. The van der Waals surface area contributed by atoms with Crippen molar-refractivity contribution in [3.63, 3.8) is 0 Å². The highest BCUT2D eigenvalue weighted by molar-refractivity contribution is 6.37. The van der Waals surface area contributed by atoms with Crippen LogP contribution in [-0.4, -0.2) is 32.3 Å². The molecule has 7 nitrogen and oxygen atoms in total. The van der Waals surface area contributed by atoms with Crippen LogP contribution >= 0.6 is 23.2 Å². The van der Waals surface area contributed by atoms with E-state index in [2.05, 4.69) is 4.98 Å². The summed E-state index contributed by atoms with van der Waals surface area (Å²) in [5, 5.41) is 21.5. The zero-order valence-electron chi connectivity index (χ0n) is 11.6. The van der Waals surface area contributed by atoms with Crippen molar-refractivity contribution in [2.75, 3.05) is 6.61 Å². The number of hydrogen-bond acceptors (Lipinski definition) is 5. The van der Waals surface area contributed by atoms with Crippen molar-refractivity contribution in [2.45, 2.75) is 19.6 Å². The van der Waals surface area contributed by atoms with E-state index in [-0.39, 0.29) is 24.7 Å². The normalized spacial score (nSPS) is 12.2. The van der Waals surface area contributed by atoms with Crippen LogP contribution in [0.5, 0.6) is 5.75 Å². The Labute approximate surface area is 136 Å². The molecule has 2 aromatic rings. The monoisotopic (exact) mass is 345 g/mol. The van der Waals surface area contributed by atoms with Crippen LogP contribution in [0.2, 0.25) is 10.0 Å². The summed E-state index contributed by atoms with van der Waals surface area (Å²) < 4.78 is 6.71. The van der Waals surface area contributed by atoms with E-state index in [1.165, 1.54) is 4.57 Å². The Morgan fingerprint density at radius 2 is 2.09 bits per heavy atom. The summed E-state index contributed by atoms with van der Waals surface area (Å²) in [6.45, 7) is 1.48. The zero-order chi connectivity index (χ0) is 16.3. The Balaban J connectivity index is 2.04. The minimum atomic E-state index is -0.987. The number of aliphatic hydroxyl groups excluding tert-OH is 1. The Kier molecular flexibility index (Phi) is 5.23. The second-order valence-electron chi connectivity index (χ2n) is 4.55. The van der Waals surface area contributed by atoms with Gasteiger partial charge < -0.3 is 20.0 Å². The van der Waals surface area contributed by atoms with Gasteiger partial charge in [-0.2, -0.15) is 0 Å². The van der Waals surface area contributed by atoms with Gasteiger partial charge in [0.15, 0.2) is 11.6 Å². The van der Waals surface area contributed by atoms with E-state index in [0.717, 1.165) is 6.20 Å². The molecule has 9 heteroatoms. The van der Waals surface area contributed by atoms with E-state index in [9.17, 15) is 15.2 Å². The van der Waals surface area contributed by atoms with Gasteiger partial charge in [0, 0.05) is 6.92 Å². The highest BCUT2D eigenvalue weighted by Crippen LogP contribution is 2.32. The minimum Gasteiger partial charge on any atom is -0.488 e. The fourth-order valence-corrected chi connectivity index (χ4v) is 2.40. The van der Waals surface area contributed by atoms with Gasteiger partial charge in [-0.05, 0) is 17.1 Å². The molecule has 1 aromatic heterocycles. The summed E-state index contributed by atoms with van der Waals surface area (Å²) in [7, 11) is 0. The molecule has 0 spiro atoms. The molecular weight excluding hydrogens is 333 g/mol. The Hall–Kier alpha value is -1.83. The van der Waals surface area contributed by atoms with Gasteiger partial charge in [0.05, 0.1) is 10.0 Å². The van der Waals surface area contributed by atoms with Crippen molar-refractivity contribution >= 4 is 29.0 Å². The first-order chi connectivity index (χ1) is 10.4. The number of ether oxygens (including phenoxy) is 1. The number of para-hydroxylation sites is 1. The van der Waals surface area contributed by atoms with Crippen molar-refractivity contribution in [1.29, 1.82) is 0 Å². The van der Waals surface area contributed by atoms with E-state index in [4.69, 9.17) is 27.9 Å². The third-order valence-corrected chi connectivity index (χ3v) is 3.55. The van der Waals surface area contributed by atoms with Crippen molar-refractivity contribution in [2.24, 2.45) is 0 Å². The molecule has 22 heavy (non-hydrogen) atoms. The maximum Gasteiger partial charge on any atom is 0.342 e. The number of rotatable bonds is 6. The maximum absolute atomic E-state index is 10.9. The molecule has 0 aliphatic rings. The molecule has 0 fully saturated rings. The highest BCUT2D eigenvalue weighted by Gasteiger charge is 2.21. The standard InChI is InChI=1S/C13H13Cl2N3O4/c1-8-16-5-12(18(20)21)17(8)6-9(19)7-22-13-10(14)3-2-4-11(13)15/h2-5,9,19H,6-7H2,1H3. The van der Waals surface area contributed by atoms with E-state index in [1.807, 2.05) is 0 Å². The van der Waals surface area contributed by atoms with Crippen LogP contribution in [0.1, 0.15) is 5.82 Å². The second kappa shape index (κ2) is 6.95. The number of aromatic nitrogens is 2. The second-order valence-corrected chi connectivity index (χ2v) is 5.36. The molecule has 0 amide bonds. The Bertz CT molecular complexity index is 670. The average molecular weight is 346 g/mol. The summed E-state index contributed by atoms with van der Waals surface area (Å²) in [5.74, 6) is 0.510. The summed E-state index contributed by atoms with van der Waals surface area (Å²) >= 11 is 11.9. The van der Waals surface area contributed by atoms with Gasteiger partial charge in [-0.25, -0.2) is 9.55 Å². The lowest BCUT2D eigenvalue weighted by Crippen LogP contribution is -2.25. The molecule has 0 bridgehead atoms. The van der Waals surface area contributed by atoms with E-state index >= 15 is 0 Å². The van der Waals surface area contributed by atoms with Crippen molar-refractivity contribution < 1.29 is 14.8 Å². The van der Waals surface area contributed by atoms with Crippen LogP contribution in [0, 0.1) is 17.0 Å². The largest absolute Gasteiger partial charge is 0.488 e. The predicted octanol–water partition coefficient (Wildman–Crippen LogP) is 2.85. The van der Waals surface area contributed by atoms with Crippen LogP contribution in [0.15, 0.2) is 24.4 Å². The van der Waals surface area contributed by atoms with E-state index in [1.54, 1.807) is 25.1 Å². The topological polar surface area (TPSA) is 90.4 Å². The molecule has 118 valence electrons. The van der Waals surface area contributed by atoms with Crippen LogP contribution in [-0.2, 0) is 6.54 Å². The number of hydrogen-bond donors (Lipinski definition) is 1. The summed E-state index contributed by atoms with van der Waals surface area (Å²) in [5.41, 5.74) is 0. The van der Waals surface area contributed by atoms with Gasteiger partial charge in [0.1, 0.15) is 25.5 Å². The fraction of sp³-hybridized carbons (Fsp3) is 0.308. The smallest absolute Gasteiger partial charge is 0.342 e. The SMILES string of the molecule is Cc1ncc([N+](=O)[O-])n1CC(O)COc1c(Cl)cccc1Cl. The highest BCUT2D eigenvalue weighted by atomic mass is 35.5. The molecule has 1 N–H and O–H groups in total. The van der Waals surface area contributed by atoms with Crippen LogP contribution < -0.4 is 4.74 Å². The molecule has 2 rings (SSSR count). The third kappa shape index (κ3) is 3.68. The number of nitro groups is 1. The maximum atomic E-state index is 10.9. The summed E-state index contributed by atoms with van der Waals surface area (Å²) in [6.07, 6.45) is 0.160. The lowest BCUT2D eigenvalue weighted by molar-refractivity contribution is -0.392. The summed E-state index contributed by atoms with van der Waals surface area (Å²) in [6, 6.07) is 4.90. The molecule has 0 aliphatic heterocycles.